The van der Waals surface area contributed by atoms with Crippen LogP contribution in [0, 0.1) is 18.8 Å². The zero-order valence-corrected chi connectivity index (χ0v) is 16.5. The molecule has 0 unspecified atom stereocenters. The highest BCUT2D eigenvalue weighted by molar-refractivity contribution is 5.51. The quantitative estimate of drug-likeness (QED) is 0.614. The van der Waals surface area contributed by atoms with E-state index < -0.39 is 0 Å². The SMILES string of the molecule is CCN1CCCCc2nc3cc(C#Cc4cccc(C)c4)ccn3c(=O)c2C1. The maximum Gasteiger partial charge on any atom is 0.262 e. The molecule has 2 aromatic heterocycles. The number of nitrogens with zero attached hydrogens (tertiary/aromatic N) is 3. The third kappa shape index (κ3) is 3.85. The fourth-order valence-corrected chi connectivity index (χ4v) is 3.73. The summed E-state index contributed by atoms with van der Waals surface area (Å²) in [5.41, 5.74) is 5.59. The monoisotopic (exact) mass is 371 g/mol. The summed E-state index contributed by atoms with van der Waals surface area (Å²) in [5.74, 6) is 6.41. The van der Waals surface area contributed by atoms with Crippen molar-refractivity contribution in [3.8, 4) is 11.8 Å². The molecule has 0 amide bonds. The Morgan fingerprint density at radius 3 is 2.71 bits per heavy atom. The van der Waals surface area contributed by atoms with Gasteiger partial charge in [0.25, 0.3) is 5.56 Å². The number of benzene rings is 1. The van der Waals surface area contributed by atoms with Crippen molar-refractivity contribution in [2.45, 2.75) is 39.7 Å². The van der Waals surface area contributed by atoms with Crippen molar-refractivity contribution in [3.63, 3.8) is 0 Å². The number of pyridine rings is 1. The number of aryl methyl sites for hydroxylation is 2. The molecular weight excluding hydrogens is 346 g/mol. The maximum absolute atomic E-state index is 13.1. The van der Waals surface area contributed by atoms with Gasteiger partial charge < -0.3 is 0 Å². The summed E-state index contributed by atoms with van der Waals surface area (Å²) in [5, 5.41) is 0. The molecule has 28 heavy (non-hydrogen) atoms. The third-order valence-electron chi connectivity index (χ3n) is 5.35. The Morgan fingerprint density at radius 1 is 1.11 bits per heavy atom. The summed E-state index contributed by atoms with van der Waals surface area (Å²) in [7, 11) is 0. The van der Waals surface area contributed by atoms with Gasteiger partial charge in [-0.3, -0.25) is 14.1 Å². The third-order valence-corrected chi connectivity index (χ3v) is 5.35. The van der Waals surface area contributed by atoms with Crippen molar-refractivity contribution in [2.24, 2.45) is 0 Å². The van der Waals surface area contributed by atoms with Gasteiger partial charge in [-0.25, -0.2) is 4.98 Å². The Labute approximate surface area is 165 Å². The molecule has 3 aromatic rings. The Balaban J connectivity index is 1.75. The average molecular weight is 371 g/mol. The fraction of sp³-hybridized carbons (Fsp3) is 0.333. The summed E-state index contributed by atoms with van der Waals surface area (Å²) in [6.45, 7) is 6.90. The first-order valence-corrected chi connectivity index (χ1v) is 9.99. The highest BCUT2D eigenvalue weighted by atomic mass is 16.1. The van der Waals surface area contributed by atoms with Crippen LogP contribution in [0.1, 0.15) is 47.7 Å². The van der Waals surface area contributed by atoms with Crippen molar-refractivity contribution in [3.05, 3.63) is 80.9 Å². The molecule has 0 radical (unpaired) electrons. The summed E-state index contributed by atoms with van der Waals surface area (Å²) < 4.78 is 1.66. The van der Waals surface area contributed by atoms with E-state index in [1.165, 1.54) is 5.56 Å². The van der Waals surface area contributed by atoms with E-state index in [-0.39, 0.29) is 5.56 Å². The van der Waals surface area contributed by atoms with Crippen molar-refractivity contribution in [1.82, 2.24) is 14.3 Å². The first-order chi connectivity index (χ1) is 13.6. The van der Waals surface area contributed by atoms with Crippen LogP contribution in [0.4, 0.5) is 0 Å². The normalized spacial score (nSPS) is 14.6. The molecule has 0 aliphatic carbocycles. The van der Waals surface area contributed by atoms with Crippen molar-refractivity contribution >= 4 is 5.65 Å². The predicted octanol–water partition coefficient (Wildman–Crippen LogP) is 3.56. The van der Waals surface area contributed by atoms with Crippen molar-refractivity contribution in [1.29, 1.82) is 0 Å². The second kappa shape index (κ2) is 8.00. The molecule has 4 heteroatoms. The minimum Gasteiger partial charge on any atom is -0.299 e. The van der Waals surface area contributed by atoms with Gasteiger partial charge in [-0.1, -0.05) is 30.9 Å². The van der Waals surface area contributed by atoms with Gasteiger partial charge in [0.2, 0.25) is 0 Å². The summed E-state index contributed by atoms with van der Waals surface area (Å²) in [4.78, 5) is 20.3. The van der Waals surface area contributed by atoms with E-state index in [0.717, 1.165) is 54.7 Å². The lowest BCUT2D eigenvalue weighted by molar-refractivity contribution is 0.265. The van der Waals surface area contributed by atoms with E-state index in [2.05, 4.69) is 42.7 Å². The smallest absolute Gasteiger partial charge is 0.262 e. The number of rotatable bonds is 1. The van der Waals surface area contributed by atoms with E-state index in [1.54, 1.807) is 10.6 Å². The molecular formula is C24H25N3O. The standard InChI is InChI=1S/C24H25N3O/c1-3-26-13-5-4-9-22-21(17-26)24(28)27-14-12-20(16-23(27)25-22)11-10-19-8-6-7-18(2)15-19/h6-8,12,14-16H,3-5,9,13,17H2,1-2H3. The first-order valence-electron chi connectivity index (χ1n) is 9.99. The number of hydrogen-bond donors (Lipinski definition) is 0. The first kappa shape index (κ1) is 18.5. The van der Waals surface area contributed by atoms with Crippen LogP contribution in [0.5, 0.6) is 0 Å². The molecule has 0 spiro atoms. The molecule has 0 fully saturated rings. The Hall–Kier alpha value is -2.90. The lowest BCUT2D eigenvalue weighted by Gasteiger charge is -2.24. The molecule has 0 N–H and O–H groups in total. The molecule has 1 aliphatic heterocycles. The number of aromatic nitrogens is 2. The lowest BCUT2D eigenvalue weighted by atomic mass is 10.1. The zero-order chi connectivity index (χ0) is 19.5. The van der Waals surface area contributed by atoms with E-state index in [9.17, 15) is 4.79 Å². The van der Waals surface area contributed by atoms with Gasteiger partial charge in [0.1, 0.15) is 5.65 Å². The zero-order valence-electron chi connectivity index (χ0n) is 16.5. The Bertz CT molecular complexity index is 1130. The van der Waals surface area contributed by atoms with Gasteiger partial charge in [0.05, 0.1) is 11.3 Å². The lowest BCUT2D eigenvalue weighted by Crippen LogP contribution is -2.32. The molecule has 4 rings (SSSR count). The summed E-state index contributed by atoms with van der Waals surface area (Å²) in [6.07, 6.45) is 4.90. The minimum atomic E-state index is 0.0542. The van der Waals surface area contributed by atoms with Crippen LogP contribution in [0.25, 0.3) is 5.65 Å². The molecule has 0 saturated carbocycles. The Morgan fingerprint density at radius 2 is 1.93 bits per heavy atom. The second-order valence-corrected chi connectivity index (χ2v) is 7.43. The molecule has 4 nitrogen and oxygen atoms in total. The fourth-order valence-electron chi connectivity index (χ4n) is 3.73. The molecule has 142 valence electrons. The summed E-state index contributed by atoms with van der Waals surface area (Å²) >= 11 is 0. The van der Waals surface area contributed by atoms with E-state index in [4.69, 9.17) is 4.98 Å². The van der Waals surface area contributed by atoms with Gasteiger partial charge in [0, 0.05) is 23.9 Å². The predicted molar refractivity (Wildman–Crippen MR) is 113 cm³/mol. The molecule has 1 aromatic carbocycles. The molecule has 0 saturated heterocycles. The molecule has 0 atom stereocenters. The van der Waals surface area contributed by atoms with E-state index >= 15 is 0 Å². The van der Waals surface area contributed by atoms with Crippen molar-refractivity contribution < 1.29 is 0 Å². The number of hydrogen-bond acceptors (Lipinski definition) is 3. The van der Waals surface area contributed by atoms with Crippen LogP contribution in [-0.2, 0) is 13.0 Å². The van der Waals surface area contributed by atoms with E-state index in [1.807, 2.05) is 24.3 Å². The highest BCUT2D eigenvalue weighted by Crippen LogP contribution is 2.15. The van der Waals surface area contributed by atoms with E-state index in [0.29, 0.717) is 12.2 Å². The van der Waals surface area contributed by atoms with Gasteiger partial charge in [-0.05, 0) is 69.1 Å². The van der Waals surface area contributed by atoms with Gasteiger partial charge in [-0.15, -0.1) is 0 Å². The number of fused-ring (bicyclic) bond motifs is 2. The van der Waals surface area contributed by atoms with Gasteiger partial charge in [-0.2, -0.15) is 0 Å². The van der Waals surface area contributed by atoms with Gasteiger partial charge in [0.15, 0.2) is 0 Å². The van der Waals surface area contributed by atoms with Crippen LogP contribution in [0.2, 0.25) is 0 Å². The maximum atomic E-state index is 13.1. The summed E-state index contributed by atoms with van der Waals surface area (Å²) in [6, 6.07) is 12.0. The minimum absolute atomic E-state index is 0.0542. The van der Waals surface area contributed by atoms with Crippen molar-refractivity contribution in [2.75, 3.05) is 13.1 Å². The molecule has 1 aliphatic rings. The van der Waals surface area contributed by atoms with Crippen LogP contribution in [0.3, 0.4) is 0 Å². The Kier molecular flexibility index (Phi) is 5.27. The molecule has 0 bridgehead atoms. The largest absolute Gasteiger partial charge is 0.299 e. The molecule has 3 heterocycles. The van der Waals surface area contributed by atoms with Crippen LogP contribution in [0.15, 0.2) is 47.4 Å². The topological polar surface area (TPSA) is 37.6 Å². The second-order valence-electron chi connectivity index (χ2n) is 7.43. The van der Waals surface area contributed by atoms with Crippen LogP contribution < -0.4 is 5.56 Å². The van der Waals surface area contributed by atoms with Crippen LogP contribution >= 0.6 is 0 Å². The highest BCUT2D eigenvalue weighted by Gasteiger charge is 2.18. The average Bonchev–Trinajstić information content (AvgIpc) is 2.68. The van der Waals surface area contributed by atoms with Gasteiger partial charge >= 0.3 is 0 Å². The van der Waals surface area contributed by atoms with Crippen LogP contribution in [-0.4, -0.2) is 27.4 Å².